The molecule has 0 radical (unpaired) electrons. The molecule has 3 aliphatic heterocycles. The van der Waals surface area contributed by atoms with Crippen molar-refractivity contribution in [1.29, 1.82) is 0 Å². The molecule has 0 aromatic heterocycles. The van der Waals surface area contributed by atoms with Gasteiger partial charge in [0.15, 0.2) is 26.5 Å². The zero-order chi connectivity index (χ0) is 24.3. The largest absolute Gasteiger partial charge is 0.433 e. The summed E-state index contributed by atoms with van der Waals surface area (Å²) >= 11 is 0. The van der Waals surface area contributed by atoms with Crippen LogP contribution in [0.5, 0.6) is 0 Å². The van der Waals surface area contributed by atoms with Gasteiger partial charge in [0.2, 0.25) is 6.29 Å². The van der Waals surface area contributed by atoms with Gasteiger partial charge in [0.05, 0.1) is 24.7 Å². The van der Waals surface area contributed by atoms with Gasteiger partial charge < -0.3 is 37.6 Å². The molecule has 0 N–H and O–H groups in total. The molecule has 0 aromatic rings. The average molecular weight is 489 g/mol. The van der Waals surface area contributed by atoms with E-state index in [1.807, 2.05) is 0 Å². The van der Waals surface area contributed by atoms with Crippen LogP contribution in [0.4, 0.5) is 0 Å². The van der Waals surface area contributed by atoms with Crippen LogP contribution in [0, 0.1) is 5.41 Å². The summed E-state index contributed by atoms with van der Waals surface area (Å²) in [5.41, 5.74) is -1.69. The third-order valence-electron chi connectivity index (χ3n) is 8.42. The highest BCUT2D eigenvalue weighted by Crippen LogP contribution is 2.67. The van der Waals surface area contributed by atoms with Crippen LogP contribution in [0.1, 0.15) is 53.9 Å². The summed E-state index contributed by atoms with van der Waals surface area (Å²) in [7, 11) is -0.659. The van der Waals surface area contributed by atoms with Crippen LogP contribution >= 0.6 is 0 Å². The number of esters is 1. The van der Waals surface area contributed by atoms with Crippen LogP contribution in [0.3, 0.4) is 0 Å². The summed E-state index contributed by atoms with van der Waals surface area (Å²) < 4.78 is 49.6. The van der Waals surface area contributed by atoms with E-state index in [1.54, 1.807) is 7.11 Å². The molecule has 3 saturated heterocycles. The highest BCUT2D eigenvalue weighted by molar-refractivity contribution is 6.74. The SMILES string of the molecule is COCO[C@@H]1[C@@H](OC(C)=O)O[C@H]2C[C@]3(C)C4(CC[C@@H](O[Si](C)(C)C(C)(C)C)[C@@]13O2)OCCO4. The standard InChI is InChI=1S/C23H40O9Si/c1-15(24)29-19-18(26-14-25-6)23-16(32-33(7,8)20(2,3)4)9-10-22(27-11-12-28-22)21(23,5)13-17(30-19)31-23/h16-19H,9-14H2,1-8H3/t16-,17-,18-,19+,21-,23-/m1/s1. The Balaban J connectivity index is 1.84. The second kappa shape index (κ2) is 8.51. The van der Waals surface area contributed by atoms with Gasteiger partial charge in [-0.05, 0) is 24.6 Å². The van der Waals surface area contributed by atoms with E-state index in [1.165, 1.54) is 6.92 Å². The summed E-state index contributed by atoms with van der Waals surface area (Å²) in [6, 6.07) is 0. The second-order valence-corrected chi connectivity index (χ2v) is 16.1. The molecule has 9 nitrogen and oxygen atoms in total. The monoisotopic (exact) mass is 488 g/mol. The first-order valence-electron chi connectivity index (χ1n) is 11.9. The average Bonchev–Trinajstić information content (AvgIpc) is 3.26. The summed E-state index contributed by atoms with van der Waals surface area (Å²) in [5, 5.41) is -0.00310. The van der Waals surface area contributed by atoms with Gasteiger partial charge in [-0.1, -0.05) is 27.7 Å². The van der Waals surface area contributed by atoms with E-state index in [4.69, 9.17) is 37.6 Å². The minimum atomic E-state index is -2.21. The number of hydrogen-bond donors (Lipinski definition) is 0. The maximum absolute atomic E-state index is 12.0. The molecule has 4 rings (SSSR count). The molecule has 0 amide bonds. The van der Waals surface area contributed by atoms with Gasteiger partial charge in [-0.3, -0.25) is 4.79 Å². The molecule has 10 heteroatoms. The number of carbonyl (C=O) groups is 1. The van der Waals surface area contributed by atoms with Crippen LogP contribution < -0.4 is 0 Å². The van der Waals surface area contributed by atoms with Crippen molar-refractivity contribution in [2.24, 2.45) is 5.41 Å². The first-order chi connectivity index (χ1) is 15.3. The van der Waals surface area contributed by atoms with Gasteiger partial charge in [0.1, 0.15) is 12.4 Å². The summed E-state index contributed by atoms with van der Waals surface area (Å²) in [6.45, 7) is 15.6. The smallest absolute Gasteiger partial charge is 0.305 e. The highest BCUT2D eigenvalue weighted by Gasteiger charge is 2.80. The fraction of sp³-hybridized carbons (Fsp3) is 0.957. The zero-order valence-corrected chi connectivity index (χ0v) is 22.2. The van der Waals surface area contributed by atoms with Crippen LogP contribution in [-0.4, -0.2) is 77.6 Å². The van der Waals surface area contributed by atoms with E-state index in [0.29, 0.717) is 32.5 Å². The molecule has 0 aromatic carbocycles. The van der Waals surface area contributed by atoms with Crippen molar-refractivity contribution in [3.63, 3.8) is 0 Å². The van der Waals surface area contributed by atoms with E-state index in [2.05, 4.69) is 40.8 Å². The van der Waals surface area contributed by atoms with Crippen molar-refractivity contribution in [1.82, 2.24) is 0 Å². The van der Waals surface area contributed by atoms with Crippen LogP contribution in [0.15, 0.2) is 0 Å². The molecule has 4 fully saturated rings. The predicted molar refractivity (Wildman–Crippen MR) is 120 cm³/mol. The lowest BCUT2D eigenvalue weighted by Crippen LogP contribution is -2.76. The van der Waals surface area contributed by atoms with Crippen molar-refractivity contribution in [3.05, 3.63) is 0 Å². The lowest BCUT2D eigenvalue weighted by Gasteiger charge is -2.61. The lowest BCUT2D eigenvalue weighted by molar-refractivity contribution is -0.401. The molecular formula is C23H40O9Si. The molecule has 3 heterocycles. The van der Waals surface area contributed by atoms with Crippen molar-refractivity contribution >= 4 is 14.3 Å². The van der Waals surface area contributed by atoms with E-state index < -0.39 is 49.8 Å². The molecule has 0 unspecified atom stereocenters. The Kier molecular flexibility index (Phi) is 6.58. The fourth-order valence-corrected chi connectivity index (χ4v) is 7.19. The quantitative estimate of drug-likeness (QED) is 0.317. The molecular weight excluding hydrogens is 448 g/mol. The second-order valence-electron chi connectivity index (χ2n) is 11.3. The van der Waals surface area contributed by atoms with E-state index >= 15 is 0 Å². The molecule has 33 heavy (non-hydrogen) atoms. The number of methoxy groups -OCH3 is 1. The maximum atomic E-state index is 12.0. The Hall–Kier alpha value is -0.593. The lowest BCUT2D eigenvalue weighted by atomic mass is 9.57. The van der Waals surface area contributed by atoms with Crippen LogP contribution in [-0.2, 0) is 42.4 Å². The van der Waals surface area contributed by atoms with Crippen molar-refractivity contribution in [3.8, 4) is 0 Å². The Bertz CT molecular complexity index is 747. The molecule has 2 bridgehead atoms. The van der Waals surface area contributed by atoms with E-state index in [0.717, 1.165) is 0 Å². The summed E-state index contributed by atoms with van der Waals surface area (Å²) in [6.07, 6.45) is -0.824. The third-order valence-corrected chi connectivity index (χ3v) is 12.9. The zero-order valence-electron chi connectivity index (χ0n) is 21.2. The molecule has 4 aliphatic rings. The Morgan fingerprint density at radius 3 is 2.42 bits per heavy atom. The third kappa shape index (κ3) is 3.81. The number of rotatable bonds is 6. The minimum Gasteiger partial charge on any atom is -0.433 e. The van der Waals surface area contributed by atoms with Crippen LogP contribution in [0.25, 0.3) is 0 Å². The summed E-state index contributed by atoms with van der Waals surface area (Å²) in [5.74, 6) is -1.30. The number of carbonyl (C=O) groups excluding carboxylic acids is 1. The van der Waals surface area contributed by atoms with Gasteiger partial charge in [0, 0.05) is 26.9 Å². The predicted octanol–water partition coefficient (Wildman–Crippen LogP) is 3.31. The minimum absolute atomic E-state index is 0.00310. The normalized spacial score (nSPS) is 40.1. The Morgan fingerprint density at radius 1 is 1.18 bits per heavy atom. The fourth-order valence-electron chi connectivity index (χ4n) is 5.83. The number of fused-ring (bicyclic) bond motifs is 2. The maximum Gasteiger partial charge on any atom is 0.305 e. The van der Waals surface area contributed by atoms with Gasteiger partial charge >= 0.3 is 5.97 Å². The van der Waals surface area contributed by atoms with E-state index in [9.17, 15) is 4.79 Å². The molecule has 2 spiro atoms. The number of hydrogen-bond acceptors (Lipinski definition) is 9. The van der Waals surface area contributed by atoms with Crippen molar-refractivity contribution in [2.75, 3.05) is 27.1 Å². The van der Waals surface area contributed by atoms with Gasteiger partial charge in [-0.15, -0.1) is 0 Å². The first kappa shape index (κ1) is 25.5. The first-order valence-corrected chi connectivity index (χ1v) is 14.8. The molecule has 190 valence electrons. The van der Waals surface area contributed by atoms with E-state index in [-0.39, 0.29) is 17.9 Å². The molecule has 1 saturated carbocycles. The topological polar surface area (TPSA) is 90.9 Å². The summed E-state index contributed by atoms with van der Waals surface area (Å²) in [4.78, 5) is 12.0. The van der Waals surface area contributed by atoms with Crippen molar-refractivity contribution in [2.45, 2.75) is 108 Å². The molecule has 6 atom stereocenters. The Morgan fingerprint density at radius 2 is 1.85 bits per heavy atom. The Labute approximate surface area is 197 Å². The highest BCUT2D eigenvalue weighted by atomic mass is 28.4. The van der Waals surface area contributed by atoms with Gasteiger partial charge in [0.25, 0.3) is 0 Å². The van der Waals surface area contributed by atoms with Gasteiger partial charge in [-0.25, -0.2) is 0 Å². The number of ether oxygens (including phenoxy) is 7. The van der Waals surface area contributed by atoms with Crippen LogP contribution in [0.2, 0.25) is 18.1 Å². The van der Waals surface area contributed by atoms with Gasteiger partial charge in [-0.2, -0.15) is 0 Å². The van der Waals surface area contributed by atoms with Crippen molar-refractivity contribution < 1.29 is 42.4 Å². The molecule has 1 aliphatic carbocycles.